The van der Waals surface area contributed by atoms with E-state index in [9.17, 15) is 4.79 Å². The smallest absolute Gasteiger partial charge is 0.334 e. The molecular weight excluding hydrogens is 208 g/mol. The fourth-order valence-electron chi connectivity index (χ4n) is 1.77. The van der Waals surface area contributed by atoms with Crippen molar-refractivity contribution >= 4 is 5.97 Å². The van der Waals surface area contributed by atoms with E-state index in [4.69, 9.17) is 14.9 Å². The van der Waals surface area contributed by atoms with Crippen LogP contribution < -0.4 is 0 Å². The van der Waals surface area contributed by atoms with Gasteiger partial charge in [0.15, 0.2) is 5.60 Å². The van der Waals surface area contributed by atoms with E-state index < -0.39 is 11.6 Å². The first-order valence-electron chi connectivity index (χ1n) is 5.81. The number of rotatable bonds is 6. The Balaban J connectivity index is 2.53. The Labute approximate surface area is 95.9 Å². The van der Waals surface area contributed by atoms with Crippen LogP contribution in [0, 0.1) is 0 Å². The van der Waals surface area contributed by atoms with Crippen LogP contribution in [0.2, 0.25) is 0 Å². The average Bonchev–Trinajstić information content (AvgIpc) is 2.63. The largest absolute Gasteiger partial charge is 0.450 e. The SMILES string of the molecule is CCCCC/C=C1/CC(CO)(CO)OC1=O. The number of ether oxygens (including phenoxy) is 1. The van der Waals surface area contributed by atoms with Crippen LogP contribution in [0.25, 0.3) is 0 Å². The second-order valence-electron chi connectivity index (χ2n) is 4.29. The molecule has 0 unspecified atom stereocenters. The summed E-state index contributed by atoms with van der Waals surface area (Å²) in [6.45, 7) is 1.46. The summed E-state index contributed by atoms with van der Waals surface area (Å²) in [7, 11) is 0. The maximum Gasteiger partial charge on any atom is 0.334 e. The van der Waals surface area contributed by atoms with Crippen LogP contribution >= 0.6 is 0 Å². The van der Waals surface area contributed by atoms with Crippen molar-refractivity contribution in [1.29, 1.82) is 0 Å². The minimum atomic E-state index is -1.09. The maximum atomic E-state index is 11.5. The molecule has 0 atom stereocenters. The van der Waals surface area contributed by atoms with Gasteiger partial charge in [-0.2, -0.15) is 0 Å². The number of unbranched alkanes of at least 4 members (excludes halogenated alkanes) is 3. The highest BCUT2D eigenvalue weighted by atomic mass is 16.6. The van der Waals surface area contributed by atoms with Gasteiger partial charge in [-0.15, -0.1) is 0 Å². The van der Waals surface area contributed by atoms with Crippen LogP contribution in [-0.2, 0) is 9.53 Å². The molecule has 0 radical (unpaired) electrons. The van der Waals surface area contributed by atoms with Gasteiger partial charge < -0.3 is 14.9 Å². The van der Waals surface area contributed by atoms with Crippen molar-refractivity contribution in [2.45, 2.75) is 44.6 Å². The lowest BCUT2D eigenvalue weighted by molar-refractivity contribution is -0.154. The highest BCUT2D eigenvalue weighted by Crippen LogP contribution is 2.30. The number of allylic oxidation sites excluding steroid dienone is 1. The van der Waals surface area contributed by atoms with Gasteiger partial charge in [0.25, 0.3) is 0 Å². The molecule has 0 aliphatic carbocycles. The number of cyclic esters (lactones) is 1. The lowest BCUT2D eigenvalue weighted by Crippen LogP contribution is -2.37. The van der Waals surface area contributed by atoms with E-state index in [-0.39, 0.29) is 13.2 Å². The number of carbonyl (C=O) groups excluding carboxylic acids is 1. The van der Waals surface area contributed by atoms with Crippen molar-refractivity contribution in [3.63, 3.8) is 0 Å². The third-order valence-electron chi connectivity index (χ3n) is 2.86. The number of esters is 1. The number of hydrogen-bond acceptors (Lipinski definition) is 4. The maximum absolute atomic E-state index is 11.5. The molecule has 1 aliphatic heterocycles. The molecule has 1 heterocycles. The zero-order valence-corrected chi connectivity index (χ0v) is 9.74. The summed E-state index contributed by atoms with van der Waals surface area (Å²) in [6, 6.07) is 0. The third-order valence-corrected chi connectivity index (χ3v) is 2.86. The van der Waals surface area contributed by atoms with E-state index in [1.54, 1.807) is 0 Å². The molecule has 0 saturated carbocycles. The van der Waals surface area contributed by atoms with Crippen LogP contribution in [-0.4, -0.2) is 35.0 Å². The highest BCUT2D eigenvalue weighted by molar-refractivity contribution is 5.91. The van der Waals surface area contributed by atoms with Gasteiger partial charge in [0.1, 0.15) is 0 Å². The first-order chi connectivity index (χ1) is 7.67. The molecule has 4 nitrogen and oxygen atoms in total. The minimum Gasteiger partial charge on any atom is -0.450 e. The molecule has 0 spiro atoms. The Hall–Kier alpha value is -0.870. The van der Waals surface area contributed by atoms with Gasteiger partial charge in [0, 0.05) is 12.0 Å². The van der Waals surface area contributed by atoms with Crippen molar-refractivity contribution in [3.8, 4) is 0 Å². The van der Waals surface area contributed by atoms with Gasteiger partial charge in [-0.3, -0.25) is 0 Å². The van der Waals surface area contributed by atoms with Crippen molar-refractivity contribution < 1.29 is 19.7 Å². The highest BCUT2D eigenvalue weighted by Gasteiger charge is 2.42. The third kappa shape index (κ3) is 3.06. The Morgan fingerprint density at radius 2 is 2.06 bits per heavy atom. The van der Waals surface area contributed by atoms with Crippen molar-refractivity contribution in [3.05, 3.63) is 11.6 Å². The Bertz CT molecular complexity index is 266. The number of aliphatic hydroxyl groups is 2. The summed E-state index contributed by atoms with van der Waals surface area (Å²) in [5.41, 5.74) is -0.507. The molecule has 2 N–H and O–H groups in total. The van der Waals surface area contributed by atoms with Crippen LogP contribution in [0.1, 0.15) is 39.0 Å². The second kappa shape index (κ2) is 6.01. The van der Waals surface area contributed by atoms with E-state index in [0.717, 1.165) is 25.7 Å². The van der Waals surface area contributed by atoms with Crippen LogP contribution in [0.4, 0.5) is 0 Å². The van der Waals surface area contributed by atoms with Crippen LogP contribution in [0.5, 0.6) is 0 Å². The quantitative estimate of drug-likeness (QED) is 0.407. The zero-order valence-electron chi connectivity index (χ0n) is 9.74. The molecular formula is C12H20O4. The number of aliphatic hydroxyl groups excluding tert-OH is 2. The molecule has 16 heavy (non-hydrogen) atoms. The summed E-state index contributed by atoms with van der Waals surface area (Å²) in [5, 5.41) is 18.2. The first-order valence-corrected chi connectivity index (χ1v) is 5.81. The standard InChI is InChI=1S/C12H20O4/c1-2-3-4-5-6-10-7-12(8-13,9-14)16-11(10)15/h6,13-14H,2-5,7-9H2,1H3/b10-6-. The summed E-state index contributed by atoms with van der Waals surface area (Å²) in [4.78, 5) is 11.5. The first kappa shape index (κ1) is 13.2. The number of hydrogen-bond donors (Lipinski definition) is 2. The van der Waals surface area contributed by atoms with Crippen LogP contribution in [0.3, 0.4) is 0 Å². The fourth-order valence-corrected chi connectivity index (χ4v) is 1.77. The molecule has 1 rings (SSSR count). The van der Waals surface area contributed by atoms with Gasteiger partial charge in [-0.1, -0.05) is 25.8 Å². The molecule has 0 aromatic carbocycles. The monoisotopic (exact) mass is 228 g/mol. The molecule has 0 amide bonds. The molecule has 4 heteroatoms. The van der Waals surface area contributed by atoms with E-state index in [1.807, 2.05) is 6.08 Å². The van der Waals surface area contributed by atoms with Crippen molar-refractivity contribution in [1.82, 2.24) is 0 Å². The van der Waals surface area contributed by atoms with Gasteiger partial charge in [-0.25, -0.2) is 4.79 Å². The molecule has 0 bridgehead atoms. The van der Waals surface area contributed by atoms with Gasteiger partial charge in [0.05, 0.1) is 13.2 Å². The molecule has 0 aromatic heterocycles. The van der Waals surface area contributed by atoms with Gasteiger partial charge in [-0.05, 0) is 12.8 Å². The summed E-state index contributed by atoms with van der Waals surface area (Å²) < 4.78 is 5.01. The summed E-state index contributed by atoms with van der Waals surface area (Å²) >= 11 is 0. The molecule has 1 aliphatic rings. The molecule has 1 saturated heterocycles. The molecule has 1 fully saturated rings. The van der Waals surface area contributed by atoms with E-state index in [0.29, 0.717) is 12.0 Å². The van der Waals surface area contributed by atoms with Crippen molar-refractivity contribution in [2.75, 3.05) is 13.2 Å². The normalized spacial score (nSPS) is 21.4. The lowest BCUT2D eigenvalue weighted by atomic mass is 9.98. The Kier molecular flexibility index (Phi) is 4.96. The van der Waals surface area contributed by atoms with Crippen molar-refractivity contribution in [2.24, 2.45) is 0 Å². The van der Waals surface area contributed by atoms with E-state index in [2.05, 4.69) is 6.92 Å². The molecule has 0 aromatic rings. The predicted octanol–water partition coefficient (Wildman–Crippen LogP) is 1.16. The van der Waals surface area contributed by atoms with Gasteiger partial charge in [0.2, 0.25) is 0 Å². The zero-order chi connectivity index (χ0) is 12.0. The van der Waals surface area contributed by atoms with Gasteiger partial charge >= 0.3 is 5.97 Å². The number of carbonyl (C=O) groups is 1. The van der Waals surface area contributed by atoms with Crippen LogP contribution in [0.15, 0.2) is 11.6 Å². The lowest BCUT2D eigenvalue weighted by Gasteiger charge is -2.21. The molecule has 92 valence electrons. The Morgan fingerprint density at radius 1 is 1.38 bits per heavy atom. The predicted molar refractivity (Wildman–Crippen MR) is 59.8 cm³/mol. The van der Waals surface area contributed by atoms with E-state index >= 15 is 0 Å². The average molecular weight is 228 g/mol. The summed E-state index contributed by atoms with van der Waals surface area (Å²) in [5.74, 6) is -0.403. The van der Waals surface area contributed by atoms with E-state index in [1.165, 1.54) is 0 Å². The fraction of sp³-hybridized carbons (Fsp3) is 0.750. The topological polar surface area (TPSA) is 66.8 Å². The Morgan fingerprint density at radius 3 is 2.56 bits per heavy atom. The summed E-state index contributed by atoms with van der Waals surface area (Å²) in [6.07, 6.45) is 6.37. The second-order valence-corrected chi connectivity index (χ2v) is 4.29. The minimum absolute atomic E-state index is 0.310.